The highest BCUT2D eigenvalue weighted by Gasteiger charge is 2.14. The number of nitrogens with one attached hydrogen (secondary N) is 1. The van der Waals surface area contributed by atoms with Crippen LogP contribution in [-0.4, -0.2) is 15.7 Å². The number of nitrogens with zero attached hydrogens (tertiary/aromatic N) is 2. The predicted octanol–water partition coefficient (Wildman–Crippen LogP) is 5.01. The van der Waals surface area contributed by atoms with Gasteiger partial charge in [-0.25, -0.2) is 4.68 Å². The molecule has 0 fully saturated rings. The Morgan fingerprint density at radius 3 is 2.45 bits per heavy atom. The van der Waals surface area contributed by atoms with Gasteiger partial charge in [0, 0.05) is 6.20 Å². The number of aryl methyl sites for hydroxylation is 1. The third kappa shape index (κ3) is 4.52. The minimum Gasteiger partial charge on any atom is -0.487 e. The molecular weight excluding hydrogens is 362 g/mol. The van der Waals surface area contributed by atoms with Gasteiger partial charge in [-0.15, -0.1) is 0 Å². The molecule has 5 nitrogen and oxygen atoms in total. The summed E-state index contributed by atoms with van der Waals surface area (Å²) in [4.78, 5) is 12.7. The van der Waals surface area contributed by atoms with E-state index in [1.807, 2.05) is 85.8 Å². The topological polar surface area (TPSA) is 56.2 Å². The van der Waals surface area contributed by atoms with Gasteiger partial charge in [0.2, 0.25) is 0 Å². The van der Waals surface area contributed by atoms with Gasteiger partial charge >= 0.3 is 0 Å². The van der Waals surface area contributed by atoms with Crippen molar-refractivity contribution in [1.82, 2.24) is 9.78 Å². The summed E-state index contributed by atoms with van der Waals surface area (Å²) in [6, 6.07) is 27.0. The van der Waals surface area contributed by atoms with Crippen LogP contribution in [0.25, 0.3) is 5.69 Å². The summed E-state index contributed by atoms with van der Waals surface area (Å²) in [5.74, 6) is 0.345. The largest absolute Gasteiger partial charge is 0.487 e. The van der Waals surface area contributed by atoms with E-state index in [0.717, 1.165) is 16.8 Å². The van der Waals surface area contributed by atoms with Crippen molar-refractivity contribution >= 4 is 11.6 Å². The lowest BCUT2D eigenvalue weighted by atomic mass is 10.2. The monoisotopic (exact) mass is 383 g/mol. The van der Waals surface area contributed by atoms with Gasteiger partial charge in [-0.3, -0.25) is 4.79 Å². The molecule has 0 aliphatic heterocycles. The summed E-state index contributed by atoms with van der Waals surface area (Å²) in [7, 11) is 0. The number of carbonyl (C=O) groups excluding carboxylic acids is 1. The van der Waals surface area contributed by atoms with Crippen LogP contribution in [0.3, 0.4) is 0 Å². The van der Waals surface area contributed by atoms with E-state index in [1.54, 1.807) is 16.9 Å². The van der Waals surface area contributed by atoms with Crippen LogP contribution in [-0.2, 0) is 6.61 Å². The number of anilines is 1. The van der Waals surface area contributed by atoms with Gasteiger partial charge in [0.25, 0.3) is 5.91 Å². The van der Waals surface area contributed by atoms with Crippen LogP contribution in [0, 0.1) is 6.92 Å². The van der Waals surface area contributed by atoms with Gasteiger partial charge in [-0.05, 0) is 48.4 Å². The molecule has 0 atom stereocenters. The normalized spacial score (nSPS) is 10.5. The number of aromatic nitrogens is 2. The van der Waals surface area contributed by atoms with Crippen molar-refractivity contribution < 1.29 is 9.53 Å². The number of carbonyl (C=O) groups is 1. The third-order valence-electron chi connectivity index (χ3n) is 4.46. The molecule has 0 unspecified atom stereocenters. The fourth-order valence-corrected chi connectivity index (χ4v) is 2.94. The number of hydrogen-bond acceptors (Lipinski definition) is 3. The maximum absolute atomic E-state index is 12.7. The number of amides is 1. The summed E-state index contributed by atoms with van der Waals surface area (Å²) < 4.78 is 7.65. The van der Waals surface area contributed by atoms with Crippen LogP contribution in [0.2, 0.25) is 0 Å². The molecule has 1 amide bonds. The Morgan fingerprint density at radius 2 is 1.69 bits per heavy atom. The molecule has 1 aromatic heterocycles. The molecule has 3 aromatic carbocycles. The molecule has 0 spiro atoms. The average molecular weight is 383 g/mol. The van der Waals surface area contributed by atoms with Crippen molar-refractivity contribution in [2.75, 3.05) is 5.32 Å². The SMILES string of the molecule is Cc1ccc(NC(=O)c2ccn(-c3ccccc3)n2)c(OCc2ccccc2)c1. The Hall–Kier alpha value is -3.86. The number of ether oxygens (including phenoxy) is 1. The molecule has 144 valence electrons. The van der Waals surface area contributed by atoms with E-state index in [0.29, 0.717) is 23.7 Å². The van der Waals surface area contributed by atoms with E-state index in [-0.39, 0.29) is 5.91 Å². The second-order valence-corrected chi connectivity index (χ2v) is 6.71. The molecule has 0 radical (unpaired) electrons. The van der Waals surface area contributed by atoms with Crippen molar-refractivity contribution in [2.24, 2.45) is 0 Å². The molecule has 0 aliphatic carbocycles. The Kier molecular flexibility index (Phi) is 5.38. The molecular formula is C24H21N3O2. The van der Waals surface area contributed by atoms with E-state index < -0.39 is 0 Å². The highest BCUT2D eigenvalue weighted by Crippen LogP contribution is 2.27. The van der Waals surface area contributed by atoms with Crippen molar-refractivity contribution in [3.63, 3.8) is 0 Å². The molecule has 4 aromatic rings. The molecule has 0 saturated heterocycles. The zero-order valence-electron chi connectivity index (χ0n) is 16.1. The molecule has 0 bridgehead atoms. The van der Waals surface area contributed by atoms with Crippen LogP contribution in [0.4, 0.5) is 5.69 Å². The van der Waals surface area contributed by atoms with E-state index >= 15 is 0 Å². The first-order valence-corrected chi connectivity index (χ1v) is 9.39. The smallest absolute Gasteiger partial charge is 0.276 e. The maximum Gasteiger partial charge on any atom is 0.276 e. The highest BCUT2D eigenvalue weighted by atomic mass is 16.5. The first kappa shape index (κ1) is 18.5. The van der Waals surface area contributed by atoms with E-state index in [9.17, 15) is 4.79 Å². The summed E-state index contributed by atoms with van der Waals surface area (Å²) >= 11 is 0. The molecule has 1 N–H and O–H groups in total. The first-order valence-electron chi connectivity index (χ1n) is 9.39. The Morgan fingerprint density at radius 1 is 0.966 bits per heavy atom. The van der Waals surface area contributed by atoms with Crippen LogP contribution in [0.5, 0.6) is 5.75 Å². The Bertz CT molecular complexity index is 1110. The fourth-order valence-electron chi connectivity index (χ4n) is 2.94. The standard InChI is InChI=1S/C24H21N3O2/c1-18-12-13-21(23(16-18)29-17-19-8-4-2-5-9-19)25-24(28)22-14-15-27(26-22)20-10-6-3-7-11-20/h2-16H,17H2,1H3,(H,25,28). The zero-order chi connectivity index (χ0) is 20.1. The van der Waals surface area contributed by atoms with E-state index in [2.05, 4.69) is 10.4 Å². The fraction of sp³-hybridized carbons (Fsp3) is 0.0833. The van der Waals surface area contributed by atoms with Gasteiger partial charge in [-0.2, -0.15) is 5.10 Å². The number of para-hydroxylation sites is 1. The predicted molar refractivity (Wildman–Crippen MR) is 113 cm³/mol. The molecule has 0 saturated carbocycles. The number of rotatable bonds is 6. The summed E-state index contributed by atoms with van der Waals surface area (Å²) in [6.07, 6.45) is 1.77. The number of benzene rings is 3. The molecule has 5 heteroatoms. The summed E-state index contributed by atoms with van der Waals surface area (Å²) in [5.41, 5.74) is 3.97. The Labute approximate surface area is 169 Å². The maximum atomic E-state index is 12.7. The first-order chi connectivity index (χ1) is 14.2. The number of hydrogen-bond donors (Lipinski definition) is 1. The average Bonchev–Trinajstić information content (AvgIpc) is 3.26. The second-order valence-electron chi connectivity index (χ2n) is 6.71. The van der Waals surface area contributed by atoms with Gasteiger partial charge < -0.3 is 10.1 Å². The lowest BCUT2D eigenvalue weighted by Gasteiger charge is -2.13. The molecule has 0 aliphatic rings. The lowest BCUT2D eigenvalue weighted by Crippen LogP contribution is -2.14. The van der Waals surface area contributed by atoms with Gasteiger partial charge in [0.15, 0.2) is 5.69 Å². The Balaban J connectivity index is 1.50. The molecule has 1 heterocycles. The molecule has 4 rings (SSSR count). The van der Waals surface area contributed by atoms with Crippen LogP contribution in [0.15, 0.2) is 91.1 Å². The van der Waals surface area contributed by atoms with E-state index in [4.69, 9.17) is 4.74 Å². The van der Waals surface area contributed by atoms with Crippen LogP contribution >= 0.6 is 0 Å². The van der Waals surface area contributed by atoms with Gasteiger partial charge in [0.1, 0.15) is 12.4 Å². The van der Waals surface area contributed by atoms with E-state index in [1.165, 1.54) is 0 Å². The minimum atomic E-state index is -0.284. The summed E-state index contributed by atoms with van der Waals surface area (Å²) in [6.45, 7) is 2.41. The second kappa shape index (κ2) is 8.44. The zero-order valence-corrected chi connectivity index (χ0v) is 16.1. The molecule has 29 heavy (non-hydrogen) atoms. The van der Waals surface area contributed by atoms with Crippen molar-refractivity contribution in [1.29, 1.82) is 0 Å². The third-order valence-corrected chi connectivity index (χ3v) is 4.46. The van der Waals surface area contributed by atoms with Crippen molar-refractivity contribution in [3.8, 4) is 11.4 Å². The lowest BCUT2D eigenvalue weighted by molar-refractivity contribution is 0.102. The highest BCUT2D eigenvalue weighted by molar-refractivity contribution is 6.03. The van der Waals surface area contributed by atoms with Gasteiger partial charge in [-0.1, -0.05) is 54.6 Å². The van der Waals surface area contributed by atoms with Gasteiger partial charge in [0.05, 0.1) is 11.4 Å². The quantitative estimate of drug-likeness (QED) is 0.509. The van der Waals surface area contributed by atoms with Crippen molar-refractivity contribution in [2.45, 2.75) is 13.5 Å². The minimum absolute atomic E-state index is 0.284. The van der Waals surface area contributed by atoms with Crippen LogP contribution < -0.4 is 10.1 Å². The van der Waals surface area contributed by atoms with Crippen LogP contribution in [0.1, 0.15) is 21.6 Å². The van der Waals surface area contributed by atoms with Crippen molar-refractivity contribution in [3.05, 3.63) is 108 Å². The summed E-state index contributed by atoms with van der Waals surface area (Å²) in [5, 5.41) is 7.30.